The van der Waals surface area contributed by atoms with Crippen molar-refractivity contribution in [1.82, 2.24) is 0 Å². The highest BCUT2D eigenvalue weighted by molar-refractivity contribution is 7.47. The molecular formula is C62H103O11P. The molecule has 0 radical (unpaired) electrons. The second-order valence-electron chi connectivity index (χ2n) is 18.7. The largest absolute Gasteiger partial charge is 0.472 e. The Hall–Kier alpha value is -3.86. The lowest BCUT2D eigenvalue weighted by atomic mass is 10.1. The van der Waals surface area contributed by atoms with E-state index in [0.29, 0.717) is 19.3 Å². The highest BCUT2D eigenvalue weighted by atomic mass is 31.2. The van der Waals surface area contributed by atoms with Crippen LogP contribution in [-0.2, 0) is 42.2 Å². The summed E-state index contributed by atoms with van der Waals surface area (Å²) in [5.41, 5.74) is 0. The third-order valence-corrected chi connectivity index (χ3v) is 12.6. The Labute approximate surface area is 450 Å². The van der Waals surface area contributed by atoms with Crippen molar-refractivity contribution in [1.29, 1.82) is 0 Å². The van der Waals surface area contributed by atoms with Crippen LogP contribution in [0.4, 0.5) is 0 Å². The number of allylic oxidation sites excluding steroid dienone is 18. The summed E-state index contributed by atoms with van der Waals surface area (Å²) in [6.07, 6.45) is 66.2. The second-order valence-corrected chi connectivity index (χ2v) is 20.1. The lowest BCUT2D eigenvalue weighted by Crippen LogP contribution is -2.30. The molecule has 0 aliphatic heterocycles. The monoisotopic (exact) mass is 1050 g/mol. The maximum absolute atomic E-state index is 12.9. The molecule has 0 fully saturated rings. The van der Waals surface area contributed by atoms with Gasteiger partial charge in [0.2, 0.25) is 0 Å². The third kappa shape index (κ3) is 53.0. The fourth-order valence-corrected chi connectivity index (χ4v) is 8.12. The van der Waals surface area contributed by atoms with Crippen LogP contribution >= 0.6 is 7.82 Å². The Bertz CT molecular complexity index is 1660. The predicted octanol–water partition coefficient (Wildman–Crippen LogP) is 17.0. The van der Waals surface area contributed by atoms with E-state index in [4.69, 9.17) is 23.3 Å². The van der Waals surface area contributed by atoms with Crippen LogP contribution in [0.5, 0.6) is 0 Å². The first kappa shape index (κ1) is 70.1. The number of hydrogen-bond donors (Lipinski definition) is 2. The Morgan fingerprint density at radius 3 is 1.12 bits per heavy atom. The smallest absolute Gasteiger partial charge is 0.462 e. The number of esters is 3. The summed E-state index contributed by atoms with van der Waals surface area (Å²) in [5.74, 6) is -1.56. The quantitative estimate of drug-likeness (QED) is 0.0197. The van der Waals surface area contributed by atoms with Crippen LogP contribution in [0.15, 0.2) is 109 Å². The minimum absolute atomic E-state index is 0.125. The van der Waals surface area contributed by atoms with Gasteiger partial charge in [0.1, 0.15) is 12.7 Å². The third-order valence-electron chi connectivity index (χ3n) is 11.7. The van der Waals surface area contributed by atoms with Crippen molar-refractivity contribution < 1.29 is 52.2 Å². The van der Waals surface area contributed by atoms with E-state index in [1.54, 1.807) is 0 Å². The van der Waals surface area contributed by atoms with Crippen molar-refractivity contribution in [3.8, 4) is 0 Å². The Kier molecular flexibility index (Phi) is 52.5. The molecule has 0 bridgehead atoms. The van der Waals surface area contributed by atoms with Gasteiger partial charge in [-0.25, -0.2) is 4.57 Å². The van der Waals surface area contributed by atoms with E-state index < -0.39 is 57.8 Å². The molecule has 422 valence electrons. The fraction of sp³-hybridized carbons (Fsp3) is 0.661. The highest BCUT2D eigenvalue weighted by Crippen LogP contribution is 2.43. The average molecular weight is 1060 g/mol. The predicted molar refractivity (Wildman–Crippen MR) is 307 cm³/mol. The highest BCUT2D eigenvalue weighted by Gasteiger charge is 2.28. The van der Waals surface area contributed by atoms with Gasteiger partial charge >= 0.3 is 25.7 Å². The van der Waals surface area contributed by atoms with Crippen molar-refractivity contribution in [3.63, 3.8) is 0 Å². The summed E-state index contributed by atoms with van der Waals surface area (Å²) in [7, 11) is -4.77. The average Bonchev–Trinajstić information content (AvgIpc) is 3.39. The van der Waals surface area contributed by atoms with Gasteiger partial charge in [0, 0.05) is 19.3 Å². The molecule has 0 aromatic rings. The minimum Gasteiger partial charge on any atom is -0.462 e. The number of phosphoric ester groups is 1. The molecule has 3 unspecified atom stereocenters. The molecule has 0 spiro atoms. The van der Waals surface area contributed by atoms with Crippen molar-refractivity contribution in [2.45, 2.75) is 238 Å². The summed E-state index contributed by atoms with van der Waals surface area (Å²) in [6, 6.07) is 0. The van der Waals surface area contributed by atoms with E-state index in [1.165, 1.54) is 38.5 Å². The first-order chi connectivity index (χ1) is 36.2. The molecule has 0 aromatic carbocycles. The van der Waals surface area contributed by atoms with Crippen LogP contribution in [0.1, 0.15) is 226 Å². The molecule has 0 rings (SSSR count). The summed E-state index contributed by atoms with van der Waals surface area (Å²) >= 11 is 0. The molecule has 74 heavy (non-hydrogen) atoms. The van der Waals surface area contributed by atoms with Gasteiger partial charge in [0.05, 0.1) is 19.8 Å². The summed E-state index contributed by atoms with van der Waals surface area (Å²) < 4.78 is 39.4. The molecule has 0 aliphatic rings. The van der Waals surface area contributed by atoms with E-state index in [9.17, 15) is 28.9 Å². The van der Waals surface area contributed by atoms with Crippen LogP contribution in [0, 0.1) is 0 Å². The van der Waals surface area contributed by atoms with Crippen LogP contribution in [-0.4, -0.2) is 66.5 Å². The summed E-state index contributed by atoms with van der Waals surface area (Å²) in [5, 5.41) is 9.82. The molecule has 0 heterocycles. The summed E-state index contributed by atoms with van der Waals surface area (Å²) in [6.45, 7) is 4.32. The Morgan fingerprint density at radius 1 is 0.392 bits per heavy atom. The molecule has 0 amide bonds. The standard InChI is InChI=1S/C62H103O11P/c1-4-7-10-13-16-19-22-25-28-29-32-35-38-41-44-47-50-53-62(66)73-59(55-69-60(64)51-48-45-42-39-36-33-30-26-23-20-17-14-11-8-5-2)57-71-74(67,68)70-56-58(54-63)72-61(65)52-49-46-43-40-37-34-31-27-24-21-18-15-12-9-6-3/h7-8,10-11,16-17,19-20,25-28,30-32,35-36,39,58-59,63H,4-6,9,12-15,18,21-24,29,33-34,37-38,40-57H2,1-3H3,(H,67,68)/b10-7-,11-8-,19-16-,20-17-,28-25-,30-26-,31-27-,35-32-,39-36-. The first-order valence-electron chi connectivity index (χ1n) is 28.8. The molecule has 0 saturated heterocycles. The molecule has 12 heteroatoms. The molecule has 0 saturated carbocycles. The number of rotatable bonds is 52. The van der Waals surface area contributed by atoms with Crippen LogP contribution < -0.4 is 0 Å². The Morgan fingerprint density at radius 2 is 0.703 bits per heavy atom. The number of aliphatic hydroxyl groups excluding tert-OH is 1. The zero-order valence-corrected chi connectivity index (χ0v) is 47.4. The maximum Gasteiger partial charge on any atom is 0.472 e. The molecule has 0 aliphatic carbocycles. The number of carbonyl (C=O) groups excluding carboxylic acids is 3. The zero-order valence-electron chi connectivity index (χ0n) is 46.5. The van der Waals surface area contributed by atoms with Gasteiger partial charge in [0.25, 0.3) is 0 Å². The molecule has 3 atom stereocenters. The normalized spacial score (nSPS) is 14.2. The summed E-state index contributed by atoms with van der Waals surface area (Å²) in [4.78, 5) is 48.5. The first-order valence-corrected chi connectivity index (χ1v) is 30.3. The fourth-order valence-electron chi connectivity index (χ4n) is 7.33. The number of aliphatic hydroxyl groups is 1. The minimum atomic E-state index is -4.77. The van der Waals surface area contributed by atoms with Crippen LogP contribution in [0.2, 0.25) is 0 Å². The number of ether oxygens (including phenoxy) is 3. The zero-order chi connectivity index (χ0) is 54.1. The van der Waals surface area contributed by atoms with Crippen molar-refractivity contribution in [2.24, 2.45) is 0 Å². The van der Waals surface area contributed by atoms with Gasteiger partial charge in [0.15, 0.2) is 6.10 Å². The lowest BCUT2D eigenvalue weighted by Gasteiger charge is -2.21. The van der Waals surface area contributed by atoms with E-state index in [1.807, 2.05) is 0 Å². The van der Waals surface area contributed by atoms with Crippen molar-refractivity contribution in [3.05, 3.63) is 109 Å². The molecular weight excluding hydrogens is 952 g/mol. The van der Waals surface area contributed by atoms with E-state index in [-0.39, 0.29) is 25.9 Å². The van der Waals surface area contributed by atoms with Gasteiger partial charge in [-0.15, -0.1) is 0 Å². The van der Waals surface area contributed by atoms with E-state index in [2.05, 4.69) is 130 Å². The van der Waals surface area contributed by atoms with Gasteiger partial charge in [-0.3, -0.25) is 23.4 Å². The topological polar surface area (TPSA) is 155 Å². The van der Waals surface area contributed by atoms with Gasteiger partial charge < -0.3 is 24.2 Å². The van der Waals surface area contributed by atoms with Gasteiger partial charge in [-0.1, -0.05) is 194 Å². The maximum atomic E-state index is 12.9. The van der Waals surface area contributed by atoms with Gasteiger partial charge in [-0.2, -0.15) is 0 Å². The van der Waals surface area contributed by atoms with Crippen molar-refractivity contribution in [2.75, 3.05) is 26.4 Å². The van der Waals surface area contributed by atoms with Crippen molar-refractivity contribution >= 4 is 25.7 Å². The van der Waals surface area contributed by atoms with Crippen LogP contribution in [0.25, 0.3) is 0 Å². The lowest BCUT2D eigenvalue weighted by molar-refractivity contribution is -0.161. The van der Waals surface area contributed by atoms with Gasteiger partial charge in [-0.05, 0) is 122 Å². The molecule has 11 nitrogen and oxygen atoms in total. The van der Waals surface area contributed by atoms with Crippen LogP contribution in [0.3, 0.4) is 0 Å². The number of carbonyl (C=O) groups is 3. The second kappa shape index (κ2) is 55.4. The number of unbranched alkanes of at least 4 members (excludes halogenated alkanes) is 17. The SMILES string of the molecule is CC/C=C\C/C=C\C/C=C\C/C=C\CCCCCCC(=O)OC(COC(=O)CCCC/C=C\C/C=C\C/C=C\C/C=C\CC)COP(=O)(O)OCC(CO)OC(=O)CCCCCCC/C=C\CCCCCCCC. The number of phosphoric acid groups is 1. The van der Waals surface area contributed by atoms with E-state index in [0.717, 1.165) is 128 Å². The molecule has 2 N–H and O–H groups in total. The number of hydrogen-bond acceptors (Lipinski definition) is 10. The Balaban J connectivity index is 4.84. The van der Waals surface area contributed by atoms with E-state index >= 15 is 0 Å². The molecule has 0 aromatic heterocycles.